The molecule has 1 aromatic carbocycles. The number of hydrogen-bond acceptors (Lipinski definition) is 1. The number of hydrogen-bond donors (Lipinski definition) is 0. The maximum absolute atomic E-state index is 11.9. The topological polar surface area (TPSA) is 17.1 Å². The summed E-state index contributed by atoms with van der Waals surface area (Å²) in [6.07, 6.45) is 9.07. The third-order valence-electron chi connectivity index (χ3n) is 4.31. The van der Waals surface area contributed by atoms with Gasteiger partial charge in [-0.2, -0.15) is 0 Å². The Balaban J connectivity index is 1.62. The van der Waals surface area contributed by atoms with Gasteiger partial charge in [0.25, 0.3) is 0 Å². The minimum atomic E-state index is 0.438. The van der Waals surface area contributed by atoms with Crippen molar-refractivity contribution in [3.05, 3.63) is 34.9 Å². The zero-order valence-corrected chi connectivity index (χ0v) is 10.4. The molecule has 1 heteroatoms. The Morgan fingerprint density at radius 1 is 1.12 bits per heavy atom. The molecule has 1 fully saturated rings. The van der Waals surface area contributed by atoms with Gasteiger partial charge >= 0.3 is 0 Å². The number of aryl methyl sites for hydroxylation is 2. The van der Waals surface area contributed by atoms with Crippen LogP contribution in [0.25, 0.3) is 0 Å². The minimum absolute atomic E-state index is 0.438. The Bertz CT molecular complexity index is 429. The molecule has 2 aliphatic carbocycles. The van der Waals surface area contributed by atoms with Crippen molar-refractivity contribution in [2.75, 3.05) is 0 Å². The molecule has 0 spiro atoms. The van der Waals surface area contributed by atoms with Crippen molar-refractivity contribution in [1.29, 1.82) is 0 Å². The van der Waals surface area contributed by atoms with E-state index in [1.54, 1.807) is 0 Å². The third-order valence-corrected chi connectivity index (χ3v) is 4.31. The van der Waals surface area contributed by atoms with Gasteiger partial charge < -0.3 is 0 Å². The number of carbonyl (C=O) groups is 1. The molecule has 1 nitrogen and oxygen atoms in total. The quantitative estimate of drug-likeness (QED) is 0.771. The normalized spacial score (nSPS) is 18.8. The first-order chi connectivity index (χ1) is 8.31. The summed E-state index contributed by atoms with van der Waals surface area (Å²) in [4.78, 5) is 11.9. The molecular formula is C16H20O. The van der Waals surface area contributed by atoms with Crippen LogP contribution in [-0.4, -0.2) is 5.78 Å². The molecule has 0 atom stereocenters. The fourth-order valence-corrected chi connectivity index (χ4v) is 3.05. The summed E-state index contributed by atoms with van der Waals surface area (Å²) in [6, 6.07) is 6.65. The van der Waals surface area contributed by atoms with Gasteiger partial charge in [-0.1, -0.05) is 37.5 Å². The number of benzene rings is 1. The zero-order valence-electron chi connectivity index (χ0n) is 10.4. The Hall–Kier alpha value is -1.11. The summed E-state index contributed by atoms with van der Waals surface area (Å²) in [5.41, 5.74) is 4.22. The van der Waals surface area contributed by atoms with Crippen LogP contribution in [0, 0.1) is 5.92 Å². The molecule has 0 N–H and O–H groups in total. The van der Waals surface area contributed by atoms with E-state index in [0.29, 0.717) is 18.1 Å². The Morgan fingerprint density at radius 3 is 2.71 bits per heavy atom. The molecule has 90 valence electrons. The minimum Gasteiger partial charge on any atom is -0.299 e. The molecule has 0 radical (unpaired) electrons. The molecule has 1 saturated carbocycles. The Kier molecular flexibility index (Phi) is 3.00. The fraction of sp³-hybridized carbons (Fsp3) is 0.562. The van der Waals surface area contributed by atoms with Crippen molar-refractivity contribution in [1.82, 2.24) is 0 Å². The monoisotopic (exact) mass is 228 g/mol. The fourth-order valence-electron chi connectivity index (χ4n) is 3.05. The maximum Gasteiger partial charge on any atom is 0.137 e. The van der Waals surface area contributed by atoms with Crippen molar-refractivity contribution in [3.8, 4) is 0 Å². The van der Waals surface area contributed by atoms with Gasteiger partial charge in [-0.15, -0.1) is 0 Å². The van der Waals surface area contributed by atoms with Gasteiger partial charge in [-0.25, -0.2) is 0 Å². The van der Waals surface area contributed by atoms with Crippen LogP contribution in [0.4, 0.5) is 0 Å². The first kappa shape index (κ1) is 11.0. The van der Waals surface area contributed by atoms with Crippen LogP contribution >= 0.6 is 0 Å². The molecular weight excluding hydrogens is 208 g/mol. The summed E-state index contributed by atoms with van der Waals surface area (Å²) >= 11 is 0. The highest BCUT2D eigenvalue weighted by molar-refractivity contribution is 5.81. The van der Waals surface area contributed by atoms with Crippen LogP contribution in [0.5, 0.6) is 0 Å². The molecule has 0 bridgehead atoms. The molecule has 0 unspecified atom stereocenters. The van der Waals surface area contributed by atoms with Crippen molar-refractivity contribution in [2.45, 2.75) is 51.4 Å². The highest BCUT2D eigenvalue weighted by atomic mass is 16.1. The molecule has 1 aromatic rings. The highest BCUT2D eigenvalue weighted by Crippen LogP contribution is 2.30. The molecule has 0 amide bonds. The predicted octanol–water partition coefficient (Wildman–Crippen LogP) is 3.48. The average Bonchev–Trinajstić information content (AvgIpc) is 2.71. The van der Waals surface area contributed by atoms with E-state index in [4.69, 9.17) is 0 Å². The smallest absolute Gasteiger partial charge is 0.137 e. The summed E-state index contributed by atoms with van der Waals surface area (Å²) < 4.78 is 0. The molecule has 0 aromatic heterocycles. The number of rotatable bonds is 4. The van der Waals surface area contributed by atoms with E-state index < -0.39 is 0 Å². The second-order valence-corrected chi connectivity index (χ2v) is 5.67. The van der Waals surface area contributed by atoms with E-state index in [9.17, 15) is 4.79 Å². The van der Waals surface area contributed by atoms with E-state index in [2.05, 4.69) is 18.2 Å². The third kappa shape index (κ3) is 2.43. The van der Waals surface area contributed by atoms with Crippen molar-refractivity contribution >= 4 is 5.78 Å². The number of ketones is 1. The lowest BCUT2D eigenvalue weighted by atomic mass is 9.81. The maximum atomic E-state index is 11.9. The summed E-state index contributed by atoms with van der Waals surface area (Å²) in [5, 5.41) is 0. The molecule has 0 heterocycles. The lowest BCUT2D eigenvalue weighted by Crippen LogP contribution is -2.17. The van der Waals surface area contributed by atoms with E-state index >= 15 is 0 Å². The number of carbonyl (C=O) groups excluding carboxylic acids is 1. The van der Waals surface area contributed by atoms with E-state index in [1.165, 1.54) is 55.2 Å². The standard InChI is InChI=1S/C16H20O/c17-16(10-12-3-1-4-12)11-13-7-8-14-5-2-6-15(14)9-13/h7-9,12H,1-6,10-11H2. The molecule has 0 aliphatic heterocycles. The predicted molar refractivity (Wildman–Crippen MR) is 69.1 cm³/mol. The van der Waals surface area contributed by atoms with E-state index in [1.807, 2.05) is 0 Å². The molecule has 2 aliphatic rings. The van der Waals surface area contributed by atoms with Gasteiger partial charge in [0.2, 0.25) is 0 Å². The van der Waals surface area contributed by atoms with E-state index in [0.717, 1.165) is 6.42 Å². The summed E-state index contributed by atoms with van der Waals surface area (Å²) in [7, 11) is 0. The van der Waals surface area contributed by atoms with Gasteiger partial charge in [-0.3, -0.25) is 4.79 Å². The van der Waals surface area contributed by atoms with E-state index in [-0.39, 0.29) is 0 Å². The van der Waals surface area contributed by atoms with Gasteiger partial charge in [-0.05, 0) is 41.9 Å². The zero-order chi connectivity index (χ0) is 11.7. The number of fused-ring (bicyclic) bond motifs is 1. The first-order valence-corrected chi connectivity index (χ1v) is 6.93. The Labute approximate surface area is 103 Å². The van der Waals surface area contributed by atoms with Gasteiger partial charge in [0.15, 0.2) is 0 Å². The van der Waals surface area contributed by atoms with Gasteiger partial charge in [0, 0.05) is 12.8 Å². The van der Waals surface area contributed by atoms with Gasteiger partial charge in [0.1, 0.15) is 5.78 Å². The van der Waals surface area contributed by atoms with Crippen LogP contribution in [0.3, 0.4) is 0 Å². The molecule has 0 saturated heterocycles. The van der Waals surface area contributed by atoms with Crippen LogP contribution in [0.15, 0.2) is 18.2 Å². The van der Waals surface area contributed by atoms with Crippen molar-refractivity contribution in [2.24, 2.45) is 5.92 Å². The summed E-state index contributed by atoms with van der Waals surface area (Å²) in [5.74, 6) is 1.14. The summed E-state index contributed by atoms with van der Waals surface area (Å²) in [6.45, 7) is 0. The molecule has 17 heavy (non-hydrogen) atoms. The highest BCUT2D eigenvalue weighted by Gasteiger charge is 2.20. The van der Waals surface area contributed by atoms with Crippen molar-refractivity contribution < 1.29 is 4.79 Å². The average molecular weight is 228 g/mol. The van der Waals surface area contributed by atoms with Crippen LogP contribution in [0.2, 0.25) is 0 Å². The van der Waals surface area contributed by atoms with Crippen LogP contribution in [-0.2, 0) is 24.1 Å². The second kappa shape index (κ2) is 4.64. The Morgan fingerprint density at radius 2 is 1.94 bits per heavy atom. The largest absolute Gasteiger partial charge is 0.299 e. The second-order valence-electron chi connectivity index (χ2n) is 5.67. The lowest BCUT2D eigenvalue weighted by molar-refractivity contribution is -0.119. The van der Waals surface area contributed by atoms with Crippen LogP contribution in [0.1, 0.15) is 48.8 Å². The van der Waals surface area contributed by atoms with Gasteiger partial charge in [0.05, 0.1) is 0 Å². The van der Waals surface area contributed by atoms with Crippen molar-refractivity contribution in [3.63, 3.8) is 0 Å². The number of Topliss-reactive ketones (excluding diaryl/α,β-unsaturated/α-hetero) is 1. The SMILES string of the molecule is O=C(Cc1ccc2c(c1)CCC2)CC1CCC1. The molecule has 3 rings (SSSR count). The first-order valence-electron chi connectivity index (χ1n) is 6.93. The lowest BCUT2D eigenvalue weighted by Gasteiger charge is -2.24. The van der Waals surface area contributed by atoms with Crippen LogP contribution < -0.4 is 0 Å².